The maximum atomic E-state index is 13.4. The van der Waals surface area contributed by atoms with Crippen molar-refractivity contribution in [2.24, 2.45) is 5.92 Å². The highest BCUT2D eigenvalue weighted by Gasteiger charge is 2.18. The lowest BCUT2D eigenvalue weighted by Crippen LogP contribution is -2.29. The summed E-state index contributed by atoms with van der Waals surface area (Å²) in [6.45, 7) is 3.51. The number of carbonyl (C=O) groups is 1. The molecule has 5 nitrogen and oxygen atoms in total. The standard InChI is InChI=1S/C16H23FN2O3.ClH/c1-11(9-18-2)16(20)19-14-8-12(17)5-6-15(14)22-10-13-4-3-7-21-13;/h5-6,8,11,13,18H,3-4,7,9-10H2,1-2H3,(H,19,20);1H. The molecule has 1 aliphatic rings. The van der Waals surface area contributed by atoms with E-state index in [0.717, 1.165) is 19.4 Å². The average Bonchev–Trinajstić information content (AvgIpc) is 3.00. The van der Waals surface area contributed by atoms with E-state index >= 15 is 0 Å². The molecule has 1 heterocycles. The van der Waals surface area contributed by atoms with Crippen molar-refractivity contribution in [2.45, 2.75) is 25.9 Å². The molecule has 1 aliphatic heterocycles. The van der Waals surface area contributed by atoms with Gasteiger partial charge < -0.3 is 20.1 Å². The molecular weight excluding hydrogens is 323 g/mol. The first kappa shape index (κ1) is 19.7. The third-order valence-electron chi connectivity index (χ3n) is 3.61. The second-order valence-corrected chi connectivity index (χ2v) is 5.53. The van der Waals surface area contributed by atoms with E-state index in [1.807, 2.05) is 0 Å². The summed E-state index contributed by atoms with van der Waals surface area (Å²) in [5.74, 6) is -0.357. The van der Waals surface area contributed by atoms with Crippen molar-refractivity contribution in [3.8, 4) is 5.75 Å². The van der Waals surface area contributed by atoms with Gasteiger partial charge in [-0.15, -0.1) is 12.4 Å². The maximum absolute atomic E-state index is 13.4. The van der Waals surface area contributed by atoms with Crippen molar-refractivity contribution in [1.29, 1.82) is 0 Å². The Labute approximate surface area is 142 Å². The molecule has 1 fully saturated rings. The Hall–Kier alpha value is -1.37. The molecular formula is C16H24ClFN2O3. The number of anilines is 1. The van der Waals surface area contributed by atoms with Gasteiger partial charge in [-0.1, -0.05) is 6.92 Å². The number of nitrogens with one attached hydrogen (secondary N) is 2. The molecule has 0 spiro atoms. The summed E-state index contributed by atoms with van der Waals surface area (Å²) in [4.78, 5) is 12.1. The van der Waals surface area contributed by atoms with Crippen molar-refractivity contribution < 1.29 is 18.7 Å². The van der Waals surface area contributed by atoms with Crippen molar-refractivity contribution in [3.63, 3.8) is 0 Å². The molecule has 2 atom stereocenters. The SMILES string of the molecule is CNCC(C)C(=O)Nc1cc(F)ccc1OCC1CCCO1.Cl. The fraction of sp³-hybridized carbons (Fsp3) is 0.562. The van der Waals surface area contributed by atoms with E-state index in [-0.39, 0.29) is 30.3 Å². The molecule has 0 radical (unpaired) electrons. The maximum Gasteiger partial charge on any atom is 0.228 e. The highest BCUT2D eigenvalue weighted by atomic mass is 35.5. The van der Waals surface area contributed by atoms with E-state index in [1.165, 1.54) is 18.2 Å². The van der Waals surface area contributed by atoms with Gasteiger partial charge in [0.2, 0.25) is 5.91 Å². The van der Waals surface area contributed by atoms with E-state index in [1.54, 1.807) is 14.0 Å². The van der Waals surface area contributed by atoms with Crippen LogP contribution in [0.1, 0.15) is 19.8 Å². The first-order chi connectivity index (χ1) is 10.6. The Bertz CT molecular complexity index is 510. The Morgan fingerprint density at radius 1 is 1.52 bits per heavy atom. The molecule has 0 aromatic heterocycles. The van der Waals surface area contributed by atoms with Gasteiger partial charge >= 0.3 is 0 Å². The van der Waals surface area contributed by atoms with Gasteiger partial charge in [0.1, 0.15) is 18.2 Å². The van der Waals surface area contributed by atoms with Gasteiger partial charge in [-0.3, -0.25) is 4.79 Å². The zero-order valence-electron chi connectivity index (χ0n) is 13.4. The minimum atomic E-state index is -0.416. The number of hydrogen-bond donors (Lipinski definition) is 2. The number of hydrogen-bond acceptors (Lipinski definition) is 4. The third-order valence-corrected chi connectivity index (χ3v) is 3.61. The van der Waals surface area contributed by atoms with Gasteiger partial charge in [0, 0.05) is 25.1 Å². The second kappa shape index (κ2) is 9.70. The van der Waals surface area contributed by atoms with Crippen molar-refractivity contribution >= 4 is 24.0 Å². The molecule has 0 aliphatic carbocycles. The number of rotatable bonds is 7. The molecule has 2 rings (SSSR count). The Morgan fingerprint density at radius 2 is 2.30 bits per heavy atom. The van der Waals surface area contributed by atoms with Crippen LogP contribution in [0.3, 0.4) is 0 Å². The second-order valence-electron chi connectivity index (χ2n) is 5.53. The van der Waals surface area contributed by atoms with Gasteiger partial charge in [-0.25, -0.2) is 4.39 Å². The minimum absolute atomic E-state index is 0. The van der Waals surface area contributed by atoms with Gasteiger partial charge in [0.15, 0.2) is 0 Å². The van der Waals surface area contributed by atoms with Crippen LogP contribution >= 0.6 is 12.4 Å². The van der Waals surface area contributed by atoms with Gasteiger partial charge in [0.05, 0.1) is 11.8 Å². The van der Waals surface area contributed by atoms with Crippen LogP contribution in [0, 0.1) is 11.7 Å². The summed E-state index contributed by atoms with van der Waals surface area (Å²) in [5.41, 5.74) is 0.353. The van der Waals surface area contributed by atoms with Crippen LogP contribution in [0.2, 0.25) is 0 Å². The summed E-state index contributed by atoms with van der Waals surface area (Å²) in [7, 11) is 1.78. The fourth-order valence-electron chi connectivity index (χ4n) is 2.34. The highest BCUT2D eigenvalue weighted by molar-refractivity contribution is 5.93. The first-order valence-corrected chi connectivity index (χ1v) is 7.59. The highest BCUT2D eigenvalue weighted by Crippen LogP contribution is 2.27. The van der Waals surface area contributed by atoms with Gasteiger partial charge in [0.25, 0.3) is 0 Å². The van der Waals surface area contributed by atoms with E-state index in [4.69, 9.17) is 9.47 Å². The number of amides is 1. The van der Waals surface area contributed by atoms with Gasteiger partial charge in [-0.05, 0) is 32.0 Å². The summed E-state index contributed by atoms with van der Waals surface area (Å²) >= 11 is 0. The normalized spacial score (nSPS) is 18.1. The molecule has 1 amide bonds. The van der Waals surface area contributed by atoms with E-state index < -0.39 is 5.82 Å². The molecule has 2 N–H and O–H groups in total. The van der Waals surface area contributed by atoms with Crippen molar-refractivity contribution in [2.75, 3.05) is 32.1 Å². The topological polar surface area (TPSA) is 59.6 Å². The monoisotopic (exact) mass is 346 g/mol. The molecule has 1 aromatic rings. The predicted molar refractivity (Wildman–Crippen MR) is 89.8 cm³/mol. The summed E-state index contributed by atoms with van der Waals surface area (Å²) in [6.07, 6.45) is 2.06. The Kier molecular flexibility index (Phi) is 8.30. The zero-order chi connectivity index (χ0) is 15.9. The van der Waals surface area contributed by atoms with Gasteiger partial charge in [-0.2, -0.15) is 0 Å². The fourth-order valence-corrected chi connectivity index (χ4v) is 2.34. The Morgan fingerprint density at radius 3 is 2.96 bits per heavy atom. The predicted octanol–water partition coefficient (Wildman–Crippen LogP) is 2.60. The summed E-state index contributed by atoms with van der Waals surface area (Å²) in [6, 6.07) is 4.12. The van der Waals surface area contributed by atoms with Crippen LogP contribution in [0.15, 0.2) is 18.2 Å². The Balaban J connectivity index is 0.00000264. The smallest absolute Gasteiger partial charge is 0.228 e. The summed E-state index contributed by atoms with van der Waals surface area (Å²) < 4.78 is 24.6. The van der Waals surface area contributed by atoms with Crippen molar-refractivity contribution in [1.82, 2.24) is 5.32 Å². The number of benzene rings is 1. The van der Waals surface area contributed by atoms with Crippen LogP contribution in [-0.4, -0.2) is 38.8 Å². The van der Waals surface area contributed by atoms with Crippen LogP contribution in [-0.2, 0) is 9.53 Å². The third kappa shape index (κ3) is 5.97. The minimum Gasteiger partial charge on any atom is -0.489 e. The molecule has 7 heteroatoms. The lowest BCUT2D eigenvalue weighted by molar-refractivity contribution is -0.119. The van der Waals surface area contributed by atoms with Crippen LogP contribution in [0.4, 0.5) is 10.1 Å². The largest absolute Gasteiger partial charge is 0.489 e. The number of halogens is 2. The zero-order valence-corrected chi connectivity index (χ0v) is 14.2. The van der Waals surface area contributed by atoms with Crippen molar-refractivity contribution in [3.05, 3.63) is 24.0 Å². The van der Waals surface area contributed by atoms with E-state index in [9.17, 15) is 9.18 Å². The van der Waals surface area contributed by atoms with E-state index in [0.29, 0.717) is 24.6 Å². The average molecular weight is 347 g/mol. The first-order valence-electron chi connectivity index (χ1n) is 7.59. The number of ether oxygens (including phenoxy) is 2. The van der Waals surface area contributed by atoms with E-state index in [2.05, 4.69) is 10.6 Å². The summed E-state index contributed by atoms with van der Waals surface area (Å²) in [5, 5.41) is 5.67. The molecule has 1 aromatic carbocycles. The van der Waals surface area contributed by atoms with Crippen LogP contribution in [0.25, 0.3) is 0 Å². The lowest BCUT2D eigenvalue weighted by atomic mass is 10.1. The molecule has 130 valence electrons. The molecule has 0 bridgehead atoms. The molecule has 1 saturated heterocycles. The quantitative estimate of drug-likeness (QED) is 0.796. The molecule has 2 unspecified atom stereocenters. The number of carbonyl (C=O) groups excluding carboxylic acids is 1. The molecule has 0 saturated carbocycles. The lowest BCUT2D eigenvalue weighted by Gasteiger charge is -2.17. The van der Waals surface area contributed by atoms with Crippen LogP contribution < -0.4 is 15.4 Å². The molecule has 23 heavy (non-hydrogen) atoms. The van der Waals surface area contributed by atoms with Crippen LogP contribution in [0.5, 0.6) is 5.75 Å².